The molecule has 0 fully saturated rings. The summed E-state index contributed by atoms with van der Waals surface area (Å²) in [6.07, 6.45) is 0. The molecule has 2 amide bonds. The summed E-state index contributed by atoms with van der Waals surface area (Å²) in [5, 5.41) is 8.82. The van der Waals surface area contributed by atoms with Crippen LogP contribution in [-0.2, 0) is 11.4 Å². The third-order valence-electron chi connectivity index (χ3n) is 4.52. The number of furan rings is 1. The fourth-order valence-electron chi connectivity index (χ4n) is 2.89. The van der Waals surface area contributed by atoms with Crippen molar-refractivity contribution in [2.24, 2.45) is 0 Å². The van der Waals surface area contributed by atoms with Gasteiger partial charge in [-0.25, -0.2) is 0 Å². The molecule has 0 aliphatic rings. The number of nitrogens with one attached hydrogen (secondary N) is 3. The number of hydrogen-bond acceptors (Lipinski definition) is 7. The van der Waals surface area contributed by atoms with E-state index in [-0.39, 0.29) is 12.4 Å². The third kappa shape index (κ3) is 4.79. The molecular formula is C21H19N5O4S2. The fraction of sp³-hybridized carbons (Fsp3) is 0.143. The molecule has 3 N–H and O–H groups in total. The van der Waals surface area contributed by atoms with Crippen LogP contribution in [0.4, 0.5) is 0 Å². The van der Waals surface area contributed by atoms with Crippen LogP contribution < -0.4 is 15.6 Å². The number of hydrazine groups is 1. The van der Waals surface area contributed by atoms with Crippen molar-refractivity contribution < 1.29 is 18.7 Å². The van der Waals surface area contributed by atoms with Gasteiger partial charge in [0.05, 0.1) is 4.88 Å². The molecule has 0 spiro atoms. The van der Waals surface area contributed by atoms with E-state index < -0.39 is 17.9 Å². The molecule has 3 aromatic heterocycles. The van der Waals surface area contributed by atoms with Crippen LogP contribution in [0.15, 0.2) is 64.4 Å². The largest absolute Gasteiger partial charge is 0.486 e. The van der Waals surface area contributed by atoms with Crippen molar-refractivity contribution in [2.45, 2.75) is 19.6 Å². The zero-order valence-electron chi connectivity index (χ0n) is 16.9. The molecule has 0 aliphatic carbocycles. The highest BCUT2D eigenvalue weighted by atomic mass is 32.1. The lowest BCUT2D eigenvalue weighted by molar-refractivity contribution is -0.124. The summed E-state index contributed by atoms with van der Waals surface area (Å²) < 4.78 is 13.0. The fourth-order valence-corrected chi connectivity index (χ4v) is 3.89. The predicted octanol–water partition coefficient (Wildman–Crippen LogP) is 3.86. The second-order valence-corrected chi connectivity index (χ2v) is 8.02. The first-order valence-corrected chi connectivity index (χ1v) is 10.9. The van der Waals surface area contributed by atoms with Gasteiger partial charge in [-0.05, 0) is 54.9 Å². The molecule has 9 nitrogen and oxygen atoms in total. The lowest BCUT2D eigenvalue weighted by Gasteiger charge is -2.15. The number of aromatic nitrogens is 3. The number of hydrogen-bond donors (Lipinski definition) is 3. The number of ether oxygens (including phenoxy) is 1. The minimum absolute atomic E-state index is 0.0452. The van der Waals surface area contributed by atoms with Gasteiger partial charge in [0.1, 0.15) is 24.2 Å². The number of thiophene rings is 1. The normalized spacial score (nSPS) is 11.7. The minimum atomic E-state index is -0.718. The summed E-state index contributed by atoms with van der Waals surface area (Å²) >= 11 is 6.75. The Balaban J connectivity index is 1.34. The molecule has 4 aromatic rings. The number of carbonyl (C=O) groups excluding carboxylic acids is 2. The lowest BCUT2D eigenvalue weighted by Crippen LogP contribution is -2.44. The summed E-state index contributed by atoms with van der Waals surface area (Å²) in [6.45, 7) is 1.83. The molecule has 0 bridgehead atoms. The van der Waals surface area contributed by atoms with Gasteiger partial charge in [0.15, 0.2) is 16.4 Å². The van der Waals surface area contributed by atoms with Gasteiger partial charge in [0.25, 0.3) is 5.91 Å². The van der Waals surface area contributed by atoms with Crippen LogP contribution in [-0.4, -0.2) is 26.6 Å². The van der Waals surface area contributed by atoms with Crippen LogP contribution in [0.5, 0.6) is 5.75 Å². The van der Waals surface area contributed by atoms with Crippen molar-refractivity contribution in [3.05, 3.63) is 76.3 Å². The van der Waals surface area contributed by atoms with E-state index in [1.165, 1.54) is 17.4 Å². The van der Waals surface area contributed by atoms with Gasteiger partial charge in [-0.3, -0.25) is 30.1 Å². The minimum Gasteiger partial charge on any atom is -0.486 e. The lowest BCUT2D eigenvalue weighted by atomic mass is 10.3. The zero-order chi connectivity index (χ0) is 22.5. The molecule has 1 unspecified atom stereocenters. The van der Waals surface area contributed by atoms with Gasteiger partial charge >= 0.3 is 5.91 Å². The van der Waals surface area contributed by atoms with E-state index in [0.717, 1.165) is 4.88 Å². The Morgan fingerprint density at radius 1 is 1.19 bits per heavy atom. The molecule has 4 rings (SSSR count). The average molecular weight is 470 g/mol. The topological polar surface area (TPSA) is 114 Å². The molecule has 1 atom stereocenters. The highest BCUT2D eigenvalue weighted by molar-refractivity contribution is 7.71. The Kier molecular flexibility index (Phi) is 6.47. The molecular weight excluding hydrogens is 450 g/mol. The van der Waals surface area contributed by atoms with Crippen molar-refractivity contribution in [2.75, 3.05) is 0 Å². The quantitative estimate of drug-likeness (QED) is 0.280. The Morgan fingerprint density at radius 2 is 2.00 bits per heavy atom. The molecule has 0 saturated heterocycles. The summed E-state index contributed by atoms with van der Waals surface area (Å²) in [7, 11) is 0. The monoisotopic (exact) mass is 469 g/mol. The van der Waals surface area contributed by atoms with Crippen LogP contribution in [0.2, 0.25) is 0 Å². The van der Waals surface area contributed by atoms with E-state index >= 15 is 0 Å². The van der Waals surface area contributed by atoms with E-state index in [1.807, 2.05) is 47.8 Å². The van der Waals surface area contributed by atoms with Gasteiger partial charge in [0, 0.05) is 0 Å². The highest BCUT2D eigenvalue weighted by Crippen LogP contribution is 2.25. The first kappa shape index (κ1) is 21.5. The molecule has 164 valence electrons. The molecule has 0 aliphatic heterocycles. The van der Waals surface area contributed by atoms with Gasteiger partial charge in [0.2, 0.25) is 0 Å². The zero-order valence-corrected chi connectivity index (χ0v) is 18.5. The van der Waals surface area contributed by atoms with Gasteiger partial charge in [-0.1, -0.05) is 24.3 Å². The van der Waals surface area contributed by atoms with Crippen LogP contribution in [0.25, 0.3) is 10.7 Å². The molecule has 0 saturated carbocycles. The molecule has 11 heteroatoms. The summed E-state index contributed by atoms with van der Waals surface area (Å²) in [5.41, 5.74) is 4.75. The number of para-hydroxylation sites is 1. The van der Waals surface area contributed by atoms with Gasteiger partial charge in [-0.2, -0.15) is 5.10 Å². The van der Waals surface area contributed by atoms with E-state index in [4.69, 9.17) is 21.4 Å². The van der Waals surface area contributed by atoms with Crippen molar-refractivity contribution in [1.82, 2.24) is 25.6 Å². The molecule has 0 radical (unpaired) electrons. The maximum atomic E-state index is 12.6. The average Bonchev–Trinajstić information content (AvgIpc) is 3.57. The number of amides is 2. The Hall–Kier alpha value is -3.70. The Morgan fingerprint density at radius 3 is 2.75 bits per heavy atom. The number of carbonyl (C=O) groups is 2. The number of H-pyrrole nitrogens is 1. The second kappa shape index (κ2) is 9.62. The molecule has 1 aromatic carbocycles. The maximum Gasteiger partial charge on any atom is 0.305 e. The number of benzene rings is 1. The SMILES string of the molecule is CC(C(=O)NNC(=O)c1ccc(COc2ccccc2)o1)n1c(-c2cccs2)n[nH]c1=S. The van der Waals surface area contributed by atoms with Crippen molar-refractivity contribution >= 4 is 35.4 Å². The first-order chi connectivity index (χ1) is 15.5. The van der Waals surface area contributed by atoms with E-state index in [9.17, 15) is 9.59 Å². The van der Waals surface area contributed by atoms with Crippen molar-refractivity contribution in [3.8, 4) is 16.5 Å². The van der Waals surface area contributed by atoms with Crippen molar-refractivity contribution in [3.63, 3.8) is 0 Å². The molecule has 32 heavy (non-hydrogen) atoms. The summed E-state index contributed by atoms with van der Waals surface area (Å²) in [5.74, 6) is 0.704. The Labute approximate surface area is 192 Å². The van der Waals surface area contributed by atoms with E-state index in [1.54, 1.807) is 17.6 Å². The van der Waals surface area contributed by atoms with Gasteiger partial charge in [-0.15, -0.1) is 11.3 Å². The Bertz CT molecular complexity index is 1260. The van der Waals surface area contributed by atoms with E-state index in [2.05, 4.69) is 21.0 Å². The van der Waals surface area contributed by atoms with E-state index in [0.29, 0.717) is 22.1 Å². The maximum absolute atomic E-state index is 12.6. The second-order valence-electron chi connectivity index (χ2n) is 6.69. The summed E-state index contributed by atoms with van der Waals surface area (Å²) in [4.78, 5) is 25.9. The van der Waals surface area contributed by atoms with Crippen LogP contribution >= 0.6 is 23.6 Å². The van der Waals surface area contributed by atoms with Crippen molar-refractivity contribution in [1.29, 1.82) is 0 Å². The number of aromatic amines is 1. The third-order valence-corrected chi connectivity index (χ3v) is 5.68. The van der Waals surface area contributed by atoms with Crippen LogP contribution in [0.1, 0.15) is 29.3 Å². The molecule has 3 heterocycles. The van der Waals surface area contributed by atoms with Gasteiger partial charge < -0.3 is 9.15 Å². The summed E-state index contributed by atoms with van der Waals surface area (Å²) in [6, 6.07) is 15.5. The number of rotatable bonds is 7. The standard InChI is InChI=1S/C21H19N5O4S2/c1-13(26-18(22-25-21(26)31)17-8-5-11-32-17)19(27)23-24-20(28)16-10-9-15(30-16)12-29-14-6-3-2-4-7-14/h2-11,13H,12H2,1H3,(H,23,27)(H,24,28)(H,25,31). The highest BCUT2D eigenvalue weighted by Gasteiger charge is 2.22. The van der Waals surface area contributed by atoms with Crippen LogP contribution in [0, 0.1) is 4.77 Å². The first-order valence-electron chi connectivity index (χ1n) is 9.60. The van der Waals surface area contributed by atoms with Crippen LogP contribution in [0.3, 0.4) is 0 Å². The predicted molar refractivity (Wildman–Crippen MR) is 121 cm³/mol. The smallest absolute Gasteiger partial charge is 0.305 e. The number of nitrogens with zero attached hydrogens (tertiary/aromatic N) is 2.